The fourth-order valence-corrected chi connectivity index (χ4v) is 13.3. The Morgan fingerprint density at radius 2 is 0.582 bits per heavy atom. The molecule has 10 heteroatoms. The minimum atomic E-state index is -4.40. The van der Waals surface area contributed by atoms with Crippen LogP contribution < -0.4 is 0 Å². The van der Waals surface area contributed by atoms with Crippen LogP contribution in [0.2, 0.25) is 0 Å². The smallest absolute Gasteiger partial charge is 0.462 e. The Morgan fingerprint density at radius 1 is 0.327 bits per heavy atom. The highest BCUT2D eigenvalue weighted by molar-refractivity contribution is 7.47. The molecule has 0 saturated heterocycles. The van der Waals surface area contributed by atoms with Crippen molar-refractivity contribution in [3.63, 3.8) is 0 Å². The van der Waals surface area contributed by atoms with Gasteiger partial charge in [0.1, 0.15) is 19.8 Å². The number of rotatable bonds is 79. The molecule has 0 aromatic rings. The summed E-state index contributed by atoms with van der Waals surface area (Å²) in [6, 6.07) is 0. The predicted octanol–water partition coefficient (Wildman–Crippen LogP) is 28.4. The van der Waals surface area contributed by atoms with Gasteiger partial charge in [0.05, 0.1) is 27.7 Å². The lowest BCUT2D eigenvalue weighted by atomic mass is 10.0. The van der Waals surface area contributed by atoms with Crippen molar-refractivity contribution in [1.29, 1.82) is 0 Å². The number of allylic oxidation sites excluding steroid dienone is 14. The average molecular weight is 1390 g/mol. The standard InChI is InChI=1S/C88H162NO8P/c1-6-8-10-12-14-16-18-20-22-24-26-28-30-32-34-36-38-40-42-44-46-48-50-52-54-56-58-60-62-64-66-68-70-72-74-76-78-80-87(90)94-84-86(85-96-98(92,93)95-83-82-89(3,4)5)97-88(91)81-79-77-75-73-71-69-67-65-63-61-59-57-55-53-51-49-47-45-43-41-39-37-35-33-31-29-27-25-23-21-19-17-15-13-11-9-7-2/h9,11,15,17,21,23,27,29,33,35,39,41,45,47,86H,6-8,10,12-14,16,18-20,22,24-26,28,30-32,34,36-38,40,42-44,46,48-85H2,1-5H3/p+1/b11-9-,17-15-,23-21-,29-27-,35-33-,41-39-,47-45-. The minimum Gasteiger partial charge on any atom is -0.462 e. The molecule has 0 saturated carbocycles. The summed E-state index contributed by atoms with van der Waals surface area (Å²) in [6.45, 7) is 4.39. The van der Waals surface area contributed by atoms with Gasteiger partial charge in [-0.1, -0.05) is 414 Å². The van der Waals surface area contributed by atoms with E-state index in [1.165, 1.54) is 302 Å². The molecule has 0 aromatic heterocycles. The molecule has 0 spiro atoms. The van der Waals surface area contributed by atoms with Crippen LogP contribution in [0.25, 0.3) is 0 Å². The van der Waals surface area contributed by atoms with Crippen LogP contribution in [0.3, 0.4) is 0 Å². The van der Waals surface area contributed by atoms with E-state index >= 15 is 0 Å². The van der Waals surface area contributed by atoms with Gasteiger partial charge in [0.2, 0.25) is 0 Å². The maximum Gasteiger partial charge on any atom is 0.472 e. The van der Waals surface area contributed by atoms with E-state index in [1.54, 1.807) is 0 Å². The SMILES string of the molecule is CC/C=C\C/C=C\C/C=C\C/C=C\C/C=C\C/C=C\C/C=C\CCCCCCCCCCCCCCCCCC(=O)OC(COC(=O)CCCCCCCCCCCCCCCCCCCCCCCCCCCCCCCCCCCCCCC)COP(=O)(O)OCC[N+](C)(C)C. The van der Waals surface area contributed by atoms with Gasteiger partial charge in [0.25, 0.3) is 0 Å². The lowest BCUT2D eigenvalue weighted by molar-refractivity contribution is -0.870. The van der Waals surface area contributed by atoms with Crippen LogP contribution in [-0.2, 0) is 32.7 Å². The number of hydrogen-bond acceptors (Lipinski definition) is 7. The summed E-state index contributed by atoms with van der Waals surface area (Å²) >= 11 is 0. The highest BCUT2D eigenvalue weighted by Crippen LogP contribution is 2.43. The fourth-order valence-electron chi connectivity index (χ4n) is 12.5. The fraction of sp³-hybridized carbons (Fsp3) is 0.818. The Morgan fingerprint density at radius 3 is 0.867 bits per heavy atom. The van der Waals surface area contributed by atoms with Crippen molar-refractivity contribution in [2.24, 2.45) is 0 Å². The van der Waals surface area contributed by atoms with Crippen LogP contribution in [0.15, 0.2) is 85.1 Å². The highest BCUT2D eigenvalue weighted by atomic mass is 31.2. The maximum atomic E-state index is 12.9. The lowest BCUT2D eigenvalue weighted by Gasteiger charge is -2.24. The van der Waals surface area contributed by atoms with Crippen LogP contribution in [0, 0.1) is 0 Å². The number of phosphoric acid groups is 1. The summed E-state index contributed by atoms with van der Waals surface area (Å²) in [5.41, 5.74) is 0. The number of phosphoric ester groups is 1. The maximum absolute atomic E-state index is 12.9. The zero-order chi connectivity index (χ0) is 71.1. The molecule has 9 nitrogen and oxygen atoms in total. The zero-order valence-corrected chi connectivity index (χ0v) is 66.4. The number of nitrogens with zero attached hydrogens (tertiary/aromatic N) is 1. The second-order valence-electron chi connectivity index (χ2n) is 29.8. The third-order valence-electron chi connectivity index (χ3n) is 18.9. The number of unbranched alkanes of at least 4 members (excludes halogenated alkanes) is 51. The van der Waals surface area contributed by atoms with Gasteiger partial charge in [-0.2, -0.15) is 0 Å². The number of carbonyl (C=O) groups excluding carboxylic acids is 2. The Labute approximate surface area is 609 Å². The van der Waals surface area contributed by atoms with Crippen LogP contribution in [0.1, 0.15) is 412 Å². The molecule has 0 aliphatic rings. The van der Waals surface area contributed by atoms with Gasteiger partial charge in [-0.3, -0.25) is 18.6 Å². The van der Waals surface area contributed by atoms with Crippen molar-refractivity contribution in [3.8, 4) is 0 Å². The van der Waals surface area contributed by atoms with E-state index in [-0.39, 0.29) is 25.6 Å². The number of ether oxygens (including phenoxy) is 2. The van der Waals surface area contributed by atoms with E-state index in [4.69, 9.17) is 18.5 Å². The van der Waals surface area contributed by atoms with Gasteiger partial charge in [0, 0.05) is 12.8 Å². The molecule has 0 radical (unpaired) electrons. The molecule has 1 N–H and O–H groups in total. The Kier molecular flexibility index (Phi) is 76.1. The predicted molar refractivity (Wildman–Crippen MR) is 427 cm³/mol. The molecule has 0 aromatic carbocycles. The van der Waals surface area contributed by atoms with E-state index in [0.717, 1.165) is 77.0 Å². The molecule has 2 unspecified atom stereocenters. The Bertz CT molecular complexity index is 1930. The first-order chi connectivity index (χ1) is 48.0. The molecular weight excluding hydrogens is 1230 g/mol. The molecule has 0 aliphatic heterocycles. The summed E-state index contributed by atoms with van der Waals surface area (Å²) in [5.74, 6) is -0.779. The quantitative estimate of drug-likeness (QED) is 0.0211. The lowest BCUT2D eigenvalue weighted by Crippen LogP contribution is -2.37. The van der Waals surface area contributed by atoms with Crippen molar-refractivity contribution in [3.05, 3.63) is 85.1 Å². The Balaban J connectivity index is 3.91. The summed E-state index contributed by atoms with van der Waals surface area (Å²) in [5, 5.41) is 0. The van der Waals surface area contributed by atoms with Crippen LogP contribution in [-0.4, -0.2) is 74.9 Å². The first kappa shape index (κ1) is 95.2. The number of hydrogen-bond donors (Lipinski definition) is 1. The normalized spacial score (nSPS) is 13.4. The van der Waals surface area contributed by atoms with Crippen molar-refractivity contribution in [1.82, 2.24) is 0 Å². The minimum absolute atomic E-state index is 0.0319. The molecule has 0 rings (SSSR count). The first-order valence-corrected chi connectivity index (χ1v) is 43.8. The van der Waals surface area contributed by atoms with Gasteiger partial charge < -0.3 is 18.9 Å². The van der Waals surface area contributed by atoms with Crippen molar-refractivity contribution < 1.29 is 42.1 Å². The van der Waals surface area contributed by atoms with Crippen LogP contribution in [0.4, 0.5) is 0 Å². The third-order valence-corrected chi connectivity index (χ3v) is 19.9. The second-order valence-corrected chi connectivity index (χ2v) is 31.3. The number of quaternary nitrogens is 1. The van der Waals surface area contributed by atoms with Gasteiger partial charge in [-0.15, -0.1) is 0 Å². The molecular formula is C88H163NO8P+. The summed E-state index contributed by atoms with van der Waals surface area (Å²) in [4.78, 5) is 36.0. The van der Waals surface area contributed by atoms with Crippen LogP contribution in [0.5, 0.6) is 0 Å². The molecule has 0 heterocycles. The van der Waals surface area contributed by atoms with Gasteiger partial charge in [-0.05, 0) is 70.6 Å². The van der Waals surface area contributed by atoms with Gasteiger partial charge in [-0.25, -0.2) is 4.57 Å². The van der Waals surface area contributed by atoms with E-state index in [0.29, 0.717) is 23.9 Å². The first-order valence-electron chi connectivity index (χ1n) is 42.3. The summed E-state index contributed by atoms with van der Waals surface area (Å²) < 4.78 is 34.9. The number of esters is 2. The highest BCUT2D eigenvalue weighted by Gasteiger charge is 2.27. The van der Waals surface area contributed by atoms with Gasteiger partial charge in [0.15, 0.2) is 6.10 Å². The van der Waals surface area contributed by atoms with Crippen molar-refractivity contribution in [2.45, 2.75) is 418 Å². The molecule has 2 atom stereocenters. The molecule has 98 heavy (non-hydrogen) atoms. The Hall–Kier alpha value is -2.81. The molecule has 0 amide bonds. The van der Waals surface area contributed by atoms with E-state index < -0.39 is 26.5 Å². The second kappa shape index (κ2) is 78.3. The molecule has 0 bridgehead atoms. The average Bonchev–Trinajstić information content (AvgIpc) is 1.08. The van der Waals surface area contributed by atoms with Crippen molar-refractivity contribution in [2.75, 3.05) is 47.5 Å². The van der Waals surface area contributed by atoms with Crippen molar-refractivity contribution >= 4 is 19.8 Å². The monoisotopic (exact) mass is 1390 g/mol. The zero-order valence-electron chi connectivity index (χ0n) is 65.5. The number of likely N-dealkylation sites (N-methyl/N-ethyl adjacent to an activating group) is 1. The third kappa shape index (κ3) is 82.1. The topological polar surface area (TPSA) is 108 Å². The largest absolute Gasteiger partial charge is 0.472 e. The van der Waals surface area contributed by atoms with Crippen LogP contribution >= 0.6 is 7.82 Å². The van der Waals surface area contributed by atoms with E-state index in [1.807, 2.05) is 21.1 Å². The molecule has 0 fully saturated rings. The van der Waals surface area contributed by atoms with E-state index in [2.05, 4.69) is 98.9 Å². The molecule has 572 valence electrons. The summed E-state index contributed by atoms with van der Waals surface area (Å²) in [7, 11) is 1.49. The van der Waals surface area contributed by atoms with E-state index in [9.17, 15) is 19.0 Å². The number of carbonyl (C=O) groups is 2. The summed E-state index contributed by atoms with van der Waals surface area (Å²) in [6.07, 6.45) is 109. The molecule has 0 aliphatic carbocycles. The van der Waals surface area contributed by atoms with Gasteiger partial charge >= 0.3 is 19.8 Å².